The van der Waals surface area contributed by atoms with E-state index in [1.165, 1.54) is 12.1 Å². The van der Waals surface area contributed by atoms with Crippen LogP contribution in [0, 0.1) is 17.1 Å². The third-order valence-corrected chi connectivity index (χ3v) is 1.98. The molecular weight excluding hydrogens is 191 g/mol. The van der Waals surface area contributed by atoms with E-state index in [1.54, 1.807) is 6.07 Å². The van der Waals surface area contributed by atoms with Crippen LogP contribution < -0.4 is 5.73 Å². The van der Waals surface area contributed by atoms with E-state index < -0.39 is 11.9 Å². The molecule has 0 aliphatic heterocycles. The van der Waals surface area contributed by atoms with Gasteiger partial charge in [0.25, 0.3) is 0 Å². The average molecular weight is 199 g/mol. The number of hydrogen-bond acceptors (Lipinski definition) is 2. The average Bonchev–Trinajstić information content (AvgIpc) is 2.10. The van der Waals surface area contributed by atoms with Gasteiger partial charge >= 0.3 is 0 Å². The summed E-state index contributed by atoms with van der Waals surface area (Å²) in [6.45, 7) is 0. The summed E-state index contributed by atoms with van der Waals surface area (Å²) in [5.41, 5.74) is 5.84. The summed E-state index contributed by atoms with van der Waals surface area (Å²) in [6, 6.07) is 5.85. The first-order chi connectivity index (χ1) is 6.16. The molecule has 0 amide bonds. The SMILES string of the molecule is N#CCC(N)c1cccc(Cl)c1F. The maximum atomic E-state index is 13.3. The minimum Gasteiger partial charge on any atom is -0.323 e. The molecule has 0 radical (unpaired) electrons. The number of nitrogens with two attached hydrogens (primary N) is 1. The predicted molar refractivity (Wildman–Crippen MR) is 48.6 cm³/mol. The first-order valence-corrected chi connectivity index (χ1v) is 4.11. The van der Waals surface area contributed by atoms with Gasteiger partial charge in [-0.15, -0.1) is 0 Å². The lowest BCUT2D eigenvalue weighted by Gasteiger charge is -2.09. The van der Waals surface area contributed by atoms with Gasteiger partial charge in [-0.3, -0.25) is 0 Å². The molecule has 0 fully saturated rings. The second kappa shape index (κ2) is 4.22. The van der Waals surface area contributed by atoms with Crippen LogP contribution >= 0.6 is 11.6 Å². The van der Waals surface area contributed by atoms with E-state index in [0.29, 0.717) is 0 Å². The summed E-state index contributed by atoms with van der Waals surface area (Å²) in [7, 11) is 0. The Labute approximate surface area is 80.7 Å². The minimum absolute atomic E-state index is 0.0332. The molecule has 1 atom stereocenters. The summed E-state index contributed by atoms with van der Waals surface area (Å²) >= 11 is 5.54. The van der Waals surface area contributed by atoms with Crippen LogP contribution in [0.4, 0.5) is 4.39 Å². The van der Waals surface area contributed by atoms with Gasteiger partial charge in [-0.05, 0) is 6.07 Å². The molecule has 0 aliphatic carbocycles. The zero-order valence-electron chi connectivity index (χ0n) is 6.80. The molecule has 0 saturated heterocycles. The lowest BCUT2D eigenvalue weighted by molar-refractivity contribution is 0.585. The fraction of sp³-hybridized carbons (Fsp3) is 0.222. The molecule has 68 valence electrons. The zero-order valence-corrected chi connectivity index (χ0v) is 7.55. The summed E-state index contributed by atoms with van der Waals surface area (Å²) in [6.07, 6.45) is 0.0806. The van der Waals surface area contributed by atoms with Gasteiger partial charge in [-0.2, -0.15) is 5.26 Å². The number of nitriles is 1. The van der Waals surface area contributed by atoms with Crippen molar-refractivity contribution in [3.8, 4) is 6.07 Å². The Bertz CT molecular complexity index is 346. The van der Waals surface area contributed by atoms with Crippen molar-refractivity contribution in [1.29, 1.82) is 5.26 Å². The van der Waals surface area contributed by atoms with Crippen molar-refractivity contribution in [1.82, 2.24) is 0 Å². The number of hydrogen-bond donors (Lipinski definition) is 1. The molecule has 1 aromatic carbocycles. The molecule has 0 heterocycles. The van der Waals surface area contributed by atoms with Gasteiger partial charge in [0.05, 0.1) is 17.5 Å². The highest BCUT2D eigenvalue weighted by Gasteiger charge is 2.12. The molecule has 0 aromatic heterocycles. The minimum atomic E-state index is -0.608. The number of benzene rings is 1. The second-order valence-electron chi connectivity index (χ2n) is 2.61. The smallest absolute Gasteiger partial charge is 0.146 e. The van der Waals surface area contributed by atoms with Crippen LogP contribution in [0.15, 0.2) is 18.2 Å². The Kier molecular flexibility index (Phi) is 3.24. The third-order valence-electron chi connectivity index (χ3n) is 1.69. The largest absolute Gasteiger partial charge is 0.323 e. The zero-order chi connectivity index (χ0) is 9.84. The van der Waals surface area contributed by atoms with Crippen LogP contribution in [0.1, 0.15) is 18.0 Å². The number of rotatable bonds is 2. The predicted octanol–water partition coefficient (Wildman–Crippen LogP) is 2.39. The Balaban J connectivity index is 3.02. The first-order valence-electron chi connectivity index (χ1n) is 3.73. The van der Waals surface area contributed by atoms with Gasteiger partial charge in [0.2, 0.25) is 0 Å². The molecule has 13 heavy (non-hydrogen) atoms. The van der Waals surface area contributed by atoms with Crippen molar-refractivity contribution < 1.29 is 4.39 Å². The van der Waals surface area contributed by atoms with Crippen LogP contribution in [0.3, 0.4) is 0 Å². The summed E-state index contributed by atoms with van der Waals surface area (Å²) in [5, 5.41) is 8.41. The second-order valence-corrected chi connectivity index (χ2v) is 3.02. The Morgan fingerprint density at radius 3 is 2.92 bits per heavy atom. The van der Waals surface area contributed by atoms with Crippen molar-refractivity contribution in [3.05, 3.63) is 34.6 Å². The summed E-state index contributed by atoms with van der Waals surface area (Å²) in [5.74, 6) is -0.535. The molecule has 0 saturated carbocycles. The monoisotopic (exact) mass is 198 g/mol. The van der Waals surface area contributed by atoms with Crippen LogP contribution in [-0.2, 0) is 0 Å². The van der Waals surface area contributed by atoms with Crippen molar-refractivity contribution in [2.75, 3.05) is 0 Å². The standard InChI is InChI=1S/C9H8ClFN2/c10-7-3-1-2-6(9(7)11)8(13)4-5-12/h1-3,8H,4,13H2. The lowest BCUT2D eigenvalue weighted by Crippen LogP contribution is -2.11. The van der Waals surface area contributed by atoms with E-state index in [-0.39, 0.29) is 17.0 Å². The highest BCUT2D eigenvalue weighted by Crippen LogP contribution is 2.23. The van der Waals surface area contributed by atoms with E-state index >= 15 is 0 Å². The van der Waals surface area contributed by atoms with E-state index in [0.717, 1.165) is 0 Å². The van der Waals surface area contributed by atoms with Crippen molar-refractivity contribution in [2.24, 2.45) is 5.73 Å². The maximum absolute atomic E-state index is 13.3. The first kappa shape index (κ1) is 9.97. The van der Waals surface area contributed by atoms with Gasteiger partial charge in [0.1, 0.15) is 5.82 Å². The van der Waals surface area contributed by atoms with Gasteiger partial charge < -0.3 is 5.73 Å². The highest BCUT2D eigenvalue weighted by atomic mass is 35.5. The van der Waals surface area contributed by atoms with Crippen LogP contribution in [0.5, 0.6) is 0 Å². The molecule has 1 rings (SSSR count). The Morgan fingerprint density at radius 2 is 2.31 bits per heavy atom. The quantitative estimate of drug-likeness (QED) is 0.793. The summed E-state index contributed by atoms with van der Waals surface area (Å²) < 4.78 is 13.3. The van der Waals surface area contributed by atoms with Gasteiger partial charge in [-0.1, -0.05) is 23.7 Å². The van der Waals surface area contributed by atoms with Crippen molar-refractivity contribution in [3.63, 3.8) is 0 Å². The van der Waals surface area contributed by atoms with Crippen LogP contribution in [0.2, 0.25) is 5.02 Å². The van der Waals surface area contributed by atoms with Gasteiger partial charge in [0.15, 0.2) is 0 Å². The molecular formula is C9H8ClFN2. The molecule has 1 aromatic rings. The van der Waals surface area contributed by atoms with E-state index in [4.69, 9.17) is 22.6 Å². The third kappa shape index (κ3) is 2.18. The van der Waals surface area contributed by atoms with E-state index in [1.807, 2.05) is 6.07 Å². The molecule has 1 unspecified atom stereocenters. The van der Waals surface area contributed by atoms with E-state index in [2.05, 4.69) is 0 Å². The molecule has 2 N–H and O–H groups in total. The fourth-order valence-corrected chi connectivity index (χ4v) is 1.20. The molecule has 0 bridgehead atoms. The topological polar surface area (TPSA) is 49.8 Å². The summed E-state index contributed by atoms with van der Waals surface area (Å²) in [4.78, 5) is 0. The molecule has 4 heteroatoms. The van der Waals surface area contributed by atoms with Crippen LogP contribution in [-0.4, -0.2) is 0 Å². The van der Waals surface area contributed by atoms with E-state index in [9.17, 15) is 4.39 Å². The van der Waals surface area contributed by atoms with Gasteiger partial charge in [-0.25, -0.2) is 4.39 Å². The van der Waals surface area contributed by atoms with Crippen molar-refractivity contribution >= 4 is 11.6 Å². The molecule has 0 aliphatic rings. The molecule has 0 spiro atoms. The number of halogens is 2. The fourth-order valence-electron chi connectivity index (χ4n) is 1.02. The van der Waals surface area contributed by atoms with Crippen molar-refractivity contribution in [2.45, 2.75) is 12.5 Å². The number of nitrogens with zero attached hydrogens (tertiary/aromatic N) is 1. The normalized spacial score (nSPS) is 12.2. The molecule has 2 nitrogen and oxygen atoms in total. The highest BCUT2D eigenvalue weighted by molar-refractivity contribution is 6.30. The maximum Gasteiger partial charge on any atom is 0.146 e. The van der Waals surface area contributed by atoms with Gasteiger partial charge in [0, 0.05) is 11.6 Å². The lowest BCUT2D eigenvalue weighted by atomic mass is 10.1. The van der Waals surface area contributed by atoms with Crippen LogP contribution in [0.25, 0.3) is 0 Å². The Hall–Kier alpha value is -1.11. The Morgan fingerprint density at radius 1 is 1.62 bits per heavy atom.